The molecule has 0 bridgehead atoms. The van der Waals surface area contributed by atoms with E-state index in [2.05, 4.69) is 47.6 Å². The van der Waals surface area contributed by atoms with E-state index in [9.17, 15) is 0 Å². The highest BCUT2D eigenvalue weighted by Crippen LogP contribution is 2.18. The van der Waals surface area contributed by atoms with E-state index in [1.54, 1.807) is 0 Å². The van der Waals surface area contributed by atoms with Crippen LogP contribution in [0.2, 0.25) is 0 Å². The zero-order chi connectivity index (χ0) is 12.1. The summed E-state index contributed by atoms with van der Waals surface area (Å²) in [7, 11) is 1.98. The number of rotatable bonds is 4. The van der Waals surface area contributed by atoms with Gasteiger partial charge < -0.3 is 5.32 Å². The summed E-state index contributed by atoms with van der Waals surface area (Å²) in [4.78, 5) is 4.41. The number of likely N-dealkylation sites (N-methyl/N-ethyl adjacent to an activating group) is 1. The molecule has 0 aliphatic carbocycles. The van der Waals surface area contributed by atoms with E-state index >= 15 is 0 Å². The zero-order valence-corrected chi connectivity index (χ0v) is 10.4. The second-order valence-electron chi connectivity index (χ2n) is 4.23. The predicted molar refractivity (Wildman–Crippen MR) is 70.9 cm³/mol. The van der Waals surface area contributed by atoms with Gasteiger partial charge in [-0.3, -0.25) is 4.98 Å². The minimum absolute atomic E-state index is 0.275. The second kappa shape index (κ2) is 5.60. The SMILES string of the molecule is CNC(Cc1ccccc1C)c1ccccn1. The van der Waals surface area contributed by atoms with E-state index in [0.717, 1.165) is 12.1 Å². The first kappa shape index (κ1) is 11.8. The van der Waals surface area contributed by atoms with E-state index < -0.39 is 0 Å². The van der Waals surface area contributed by atoms with Gasteiger partial charge in [-0.25, -0.2) is 0 Å². The predicted octanol–water partition coefficient (Wildman–Crippen LogP) is 2.89. The first-order chi connectivity index (χ1) is 8.31. The molecule has 0 aliphatic heterocycles. The third-order valence-electron chi connectivity index (χ3n) is 3.08. The molecule has 2 aromatic rings. The number of benzene rings is 1. The number of hydrogen-bond acceptors (Lipinski definition) is 2. The van der Waals surface area contributed by atoms with Gasteiger partial charge in [-0.05, 0) is 43.7 Å². The first-order valence-electron chi connectivity index (χ1n) is 5.94. The molecule has 1 aromatic heterocycles. The lowest BCUT2D eigenvalue weighted by molar-refractivity contribution is 0.574. The van der Waals surface area contributed by atoms with Crippen molar-refractivity contribution in [2.24, 2.45) is 0 Å². The van der Waals surface area contributed by atoms with Crippen LogP contribution in [-0.2, 0) is 6.42 Å². The maximum atomic E-state index is 4.41. The molecule has 0 saturated carbocycles. The highest BCUT2D eigenvalue weighted by Gasteiger charge is 2.11. The van der Waals surface area contributed by atoms with Crippen LogP contribution in [0.25, 0.3) is 0 Å². The molecule has 17 heavy (non-hydrogen) atoms. The summed E-state index contributed by atoms with van der Waals surface area (Å²) in [6, 6.07) is 14.8. The van der Waals surface area contributed by atoms with Crippen molar-refractivity contribution in [3.8, 4) is 0 Å². The van der Waals surface area contributed by atoms with Crippen molar-refractivity contribution in [3.05, 3.63) is 65.5 Å². The topological polar surface area (TPSA) is 24.9 Å². The number of nitrogens with one attached hydrogen (secondary N) is 1. The molecule has 88 valence electrons. The molecule has 0 spiro atoms. The normalized spacial score (nSPS) is 12.4. The van der Waals surface area contributed by atoms with Gasteiger partial charge in [0, 0.05) is 6.20 Å². The quantitative estimate of drug-likeness (QED) is 0.867. The number of aryl methyl sites for hydroxylation is 1. The van der Waals surface area contributed by atoms with E-state index in [4.69, 9.17) is 0 Å². The molecule has 1 atom stereocenters. The molecular formula is C15H18N2. The van der Waals surface area contributed by atoms with Gasteiger partial charge in [0.15, 0.2) is 0 Å². The fourth-order valence-corrected chi connectivity index (χ4v) is 2.00. The van der Waals surface area contributed by atoms with Crippen LogP contribution in [-0.4, -0.2) is 12.0 Å². The summed E-state index contributed by atoms with van der Waals surface area (Å²) in [6.07, 6.45) is 2.82. The lowest BCUT2D eigenvalue weighted by Crippen LogP contribution is -2.20. The fourth-order valence-electron chi connectivity index (χ4n) is 2.00. The molecule has 1 aromatic carbocycles. The summed E-state index contributed by atoms with van der Waals surface area (Å²) >= 11 is 0. The molecule has 1 heterocycles. The molecule has 0 radical (unpaired) electrons. The smallest absolute Gasteiger partial charge is 0.0576 e. The number of hydrogen-bond donors (Lipinski definition) is 1. The molecule has 0 fully saturated rings. The van der Waals surface area contributed by atoms with Crippen LogP contribution in [0, 0.1) is 6.92 Å². The molecule has 1 unspecified atom stereocenters. The van der Waals surface area contributed by atoms with Crippen molar-refractivity contribution in [3.63, 3.8) is 0 Å². The summed E-state index contributed by atoms with van der Waals surface area (Å²) in [5.41, 5.74) is 3.81. The van der Waals surface area contributed by atoms with Gasteiger partial charge in [-0.15, -0.1) is 0 Å². The summed E-state index contributed by atoms with van der Waals surface area (Å²) in [6.45, 7) is 2.15. The maximum Gasteiger partial charge on any atom is 0.0576 e. The second-order valence-corrected chi connectivity index (χ2v) is 4.23. The van der Waals surface area contributed by atoms with Crippen LogP contribution in [0.15, 0.2) is 48.7 Å². The Balaban J connectivity index is 2.19. The first-order valence-corrected chi connectivity index (χ1v) is 5.94. The van der Waals surface area contributed by atoms with Crippen molar-refractivity contribution in [1.82, 2.24) is 10.3 Å². The van der Waals surface area contributed by atoms with E-state index in [0.29, 0.717) is 0 Å². The molecule has 0 amide bonds. The number of pyridine rings is 1. The summed E-state index contributed by atoms with van der Waals surface area (Å²) in [5, 5.41) is 3.33. The van der Waals surface area contributed by atoms with E-state index in [1.165, 1.54) is 11.1 Å². The van der Waals surface area contributed by atoms with E-state index in [-0.39, 0.29) is 6.04 Å². The van der Waals surface area contributed by atoms with Gasteiger partial charge in [0.2, 0.25) is 0 Å². The van der Waals surface area contributed by atoms with Crippen molar-refractivity contribution in [2.75, 3.05) is 7.05 Å². The van der Waals surface area contributed by atoms with Crippen LogP contribution >= 0.6 is 0 Å². The van der Waals surface area contributed by atoms with Gasteiger partial charge in [0.25, 0.3) is 0 Å². The Hall–Kier alpha value is -1.67. The summed E-state index contributed by atoms with van der Waals surface area (Å²) in [5.74, 6) is 0. The molecule has 2 nitrogen and oxygen atoms in total. The Bertz CT molecular complexity index is 465. The van der Waals surface area contributed by atoms with E-state index in [1.807, 2.05) is 25.4 Å². The van der Waals surface area contributed by atoms with Crippen LogP contribution in [0.3, 0.4) is 0 Å². The zero-order valence-electron chi connectivity index (χ0n) is 10.4. The van der Waals surface area contributed by atoms with Crippen LogP contribution in [0.4, 0.5) is 0 Å². The number of nitrogens with zero attached hydrogens (tertiary/aromatic N) is 1. The minimum Gasteiger partial charge on any atom is -0.311 e. The van der Waals surface area contributed by atoms with Gasteiger partial charge in [0.1, 0.15) is 0 Å². The standard InChI is InChI=1S/C15H18N2/c1-12-7-3-4-8-13(12)11-15(16-2)14-9-5-6-10-17-14/h3-10,15-16H,11H2,1-2H3. The van der Waals surface area contributed by atoms with Crippen molar-refractivity contribution in [1.29, 1.82) is 0 Å². The Kier molecular flexibility index (Phi) is 3.89. The largest absolute Gasteiger partial charge is 0.311 e. The Morgan fingerprint density at radius 3 is 2.53 bits per heavy atom. The monoisotopic (exact) mass is 226 g/mol. The van der Waals surface area contributed by atoms with Gasteiger partial charge >= 0.3 is 0 Å². The van der Waals surface area contributed by atoms with Gasteiger partial charge in [-0.2, -0.15) is 0 Å². The third kappa shape index (κ3) is 2.92. The molecule has 2 rings (SSSR count). The van der Waals surface area contributed by atoms with Crippen LogP contribution in [0.5, 0.6) is 0 Å². The Morgan fingerprint density at radius 1 is 1.12 bits per heavy atom. The average Bonchev–Trinajstić information content (AvgIpc) is 2.39. The molecule has 2 heteroatoms. The highest BCUT2D eigenvalue weighted by molar-refractivity contribution is 5.27. The fraction of sp³-hybridized carbons (Fsp3) is 0.267. The Morgan fingerprint density at radius 2 is 1.88 bits per heavy atom. The lowest BCUT2D eigenvalue weighted by Gasteiger charge is -2.16. The van der Waals surface area contributed by atoms with Crippen molar-refractivity contribution in [2.45, 2.75) is 19.4 Å². The maximum absolute atomic E-state index is 4.41. The molecule has 0 saturated heterocycles. The lowest BCUT2D eigenvalue weighted by atomic mass is 9.99. The van der Waals surface area contributed by atoms with Crippen molar-refractivity contribution >= 4 is 0 Å². The molecule has 1 N–H and O–H groups in total. The average molecular weight is 226 g/mol. The molecular weight excluding hydrogens is 208 g/mol. The van der Waals surface area contributed by atoms with Crippen LogP contribution in [0.1, 0.15) is 22.9 Å². The minimum atomic E-state index is 0.275. The van der Waals surface area contributed by atoms with Crippen molar-refractivity contribution < 1.29 is 0 Å². The third-order valence-corrected chi connectivity index (χ3v) is 3.08. The van der Waals surface area contributed by atoms with Crippen LogP contribution < -0.4 is 5.32 Å². The highest BCUT2D eigenvalue weighted by atomic mass is 14.9. The summed E-state index contributed by atoms with van der Waals surface area (Å²) < 4.78 is 0. The Labute approximate surface area is 103 Å². The number of aromatic nitrogens is 1. The van der Waals surface area contributed by atoms with Gasteiger partial charge in [0.05, 0.1) is 11.7 Å². The van der Waals surface area contributed by atoms with Gasteiger partial charge in [-0.1, -0.05) is 30.3 Å². The molecule has 0 aliphatic rings.